The van der Waals surface area contributed by atoms with Crippen LogP contribution in [0.3, 0.4) is 0 Å². The molecule has 6 nitrogen and oxygen atoms in total. The van der Waals surface area contributed by atoms with Gasteiger partial charge in [-0.05, 0) is 18.4 Å². The molecular weight excluding hydrogens is 274 g/mol. The van der Waals surface area contributed by atoms with Crippen LogP contribution in [-0.4, -0.2) is 39.3 Å². The van der Waals surface area contributed by atoms with Crippen LogP contribution in [0.25, 0.3) is 0 Å². The third-order valence-electron chi connectivity index (χ3n) is 3.46. The smallest absolute Gasteiger partial charge is 0.234 e. The van der Waals surface area contributed by atoms with Gasteiger partial charge in [0.2, 0.25) is 5.91 Å². The fourth-order valence-electron chi connectivity index (χ4n) is 2.39. The summed E-state index contributed by atoms with van der Waals surface area (Å²) >= 11 is 1.66. The van der Waals surface area contributed by atoms with Crippen molar-refractivity contribution >= 4 is 17.2 Å². The van der Waals surface area contributed by atoms with E-state index in [9.17, 15) is 4.79 Å². The zero-order valence-corrected chi connectivity index (χ0v) is 12.1. The van der Waals surface area contributed by atoms with E-state index in [0.717, 1.165) is 24.4 Å². The molecule has 0 aromatic carbocycles. The van der Waals surface area contributed by atoms with Gasteiger partial charge in [0.1, 0.15) is 0 Å². The van der Waals surface area contributed by atoms with Gasteiger partial charge in [0.15, 0.2) is 0 Å². The van der Waals surface area contributed by atoms with Crippen LogP contribution in [0.1, 0.15) is 29.2 Å². The predicted molar refractivity (Wildman–Crippen MR) is 76.2 cm³/mol. The Morgan fingerprint density at radius 1 is 1.55 bits per heavy atom. The number of H-pyrrole nitrogens is 1. The van der Waals surface area contributed by atoms with Crippen molar-refractivity contribution in [3.05, 3.63) is 33.8 Å². The highest BCUT2D eigenvalue weighted by Crippen LogP contribution is 2.18. The van der Waals surface area contributed by atoms with E-state index >= 15 is 0 Å². The zero-order chi connectivity index (χ0) is 13.9. The lowest BCUT2D eigenvalue weighted by atomic mass is 10.1. The first-order chi connectivity index (χ1) is 9.72. The standard InChI is InChI=1S/C13H17N5OS/c1-9(12-3-2-6-20-12)14-13(19)8-18-5-4-10-11(7-18)16-17-15-10/h2-3,6,9H,4-5,7-8H2,1H3,(H,14,19)(H,15,16,17)/t9-/m1/s1. The number of nitrogens with one attached hydrogen (secondary N) is 2. The summed E-state index contributed by atoms with van der Waals surface area (Å²) in [7, 11) is 0. The number of hydrogen-bond acceptors (Lipinski definition) is 5. The second kappa shape index (κ2) is 5.72. The Kier molecular flexibility index (Phi) is 3.79. The van der Waals surface area contributed by atoms with Crippen molar-refractivity contribution in [3.63, 3.8) is 0 Å². The summed E-state index contributed by atoms with van der Waals surface area (Å²) in [6, 6.07) is 4.10. The molecule has 20 heavy (non-hydrogen) atoms. The maximum atomic E-state index is 12.1. The number of carbonyl (C=O) groups is 1. The summed E-state index contributed by atoms with van der Waals surface area (Å²) in [5, 5.41) is 15.9. The van der Waals surface area contributed by atoms with Crippen LogP contribution >= 0.6 is 11.3 Å². The molecule has 3 rings (SSSR count). The Hall–Kier alpha value is -1.73. The third kappa shape index (κ3) is 2.88. The number of rotatable bonds is 4. The quantitative estimate of drug-likeness (QED) is 0.885. The van der Waals surface area contributed by atoms with Gasteiger partial charge in [-0.3, -0.25) is 9.69 Å². The van der Waals surface area contributed by atoms with Gasteiger partial charge >= 0.3 is 0 Å². The summed E-state index contributed by atoms with van der Waals surface area (Å²) in [6.07, 6.45) is 0.847. The maximum absolute atomic E-state index is 12.1. The molecule has 0 saturated heterocycles. The molecule has 0 aliphatic carbocycles. The van der Waals surface area contributed by atoms with E-state index in [-0.39, 0.29) is 11.9 Å². The van der Waals surface area contributed by atoms with Crippen LogP contribution in [0.2, 0.25) is 0 Å². The molecular formula is C13H17N5OS. The minimum absolute atomic E-state index is 0.0536. The van der Waals surface area contributed by atoms with E-state index in [1.54, 1.807) is 11.3 Å². The number of nitrogens with zero attached hydrogens (tertiary/aromatic N) is 3. The van der Waals surface area contributed by atoms with Crippen molar-refractivity contribution in [3.8, 4) is 0 Å². The highest BCUT2D eigenvalue weighted by molar-refractivity contribution is 7.10. The highest BCUT2D eigenvalue weighted by Gasteiger charge is 2.22. The van der Waals surface area contributed by atoms with E-state index in [1.165, 1.54) is 4.88 Å². The van der Waals surface area contributed by atoms with E-state index in [1.807, 2.05) is 24.4 Å². The summed E-state index contributed by atoms with van der Waals surface area (Å²) in [6.45, 7) is 3.95. The number of amides is 1. The summed E-state index contributed by atoms with van der Waals surface area (Å²) < 4.78 is 0. The van der Waals surface area contributed by atoms with Crippen molar-refractivity contribution in [1.29, 1.82) is 0 Å². The van der Waals surface area contributed by atoms with Crippen molar-refractivity contribution < 1.29 is 4.79 Å². The minimum atomic E-state index is 0.0536. The van der Waals surface area contributed by atoms with Gasteiger partial charge in [-0.15, -0.1) is 11.3 Å². The number of thiophene rings is 1. The SMILES string of the molecule is C[C@@H](NC(=O)CN1CCc2n[nH]nc2C1)c1cccs1. The molecule has 1 atom stereocenters. The first-order valence-electron chi connectivity index (χ1n) is 6.66. The topological polar surface area (TPSA) is 73.9 Å². The van der Waals surface area contributed by atoms with Gasteiger partial charge in [-0.2, -0.15) is 15.4 Å². The van der Waals surface area contributed by atoms with E-state index in [0.29, 0.717) is 13.1 Å². The van der Waals surface area contributed by atoms with Crippen LogP contribution in [0.4, 0.5) is 0 Å². The lowest BCUT2D eigenvalue weighted by Crippen LogP contribution is -2.40. The molecule has 2 aromatic rings. The molecule has 2 aromatic heterocycles. The van der Waals surface area contributed by atoms with E-state index < -0.39 is 0 Å². The lowest BCUT2D eigenvalue weighted by Gasteiger charge is -2.25. The Morgan fingerprint density at radius 3 is 3.20 bits per heavy atom. The average molecular weight is 291 g/mol. The molecule has 2 N–H and O–H groups in total. The molecule has 0 fully saturated rings. The van der Waals surface area contributed by atoms with Crippen molar-refractivity contribution in [2.75, 3.05) is 13.1 Å². The number of aromatic nitrogens is 3. The van der Waals surface area contributed by atoms with Crippen molar-refractivity contribution in [2.45, 2.75) is 25.9 Å². The van der Waals surface area contributed by atoms with E-state index in [2.05, 4.69) is 25.6 Å². The Bertz CT molecular complexity index is 579. The summed E-state index contributed by atoms with van der Waals surface area (Å²) in [4.78, 5) is 15.4. The van der Waals surface area contributed by atoms with Crippen molar-refractivity contribution in [2.24, 2.45) is 0 Å². The molecule has 0 saturated carbocycles. The number of carbonyl (C=O) groups excluding carboxylic acids is 1. The molecule has 0 spiro atoms. The third-order valence-corrected chi connectivity index (χ3v) is 4.51. The van der Waals surface area contributed by atoms with Crippen LogP contribution in [0, 0.1) is 0 Å². The average Bonchev–Trinajstić information content (AvgIpc) is 3.09. The molecule has 1 amide bonds. The van der Waals surface area contributed by atoms with Crippen LogP contribution < -0.4 is 5.32 Å². The molecule has 0 unspecified atom stereocenters. The van der Waals surface area contributed by atoms with Gasteiger partial charge in [0.05, 0.1) is 24.0 Å². The van der Waals surface area contributed by atoms with Gasteiger partial charge in [-0.1, -0.05) is 6.07 Å². The normalized spacial score (nSPS) is 16.6. The molecule has 0 bridgehead atoms. The second-order valence-electron chi connectivity index (χ2n) is 4.98. The number of fused-ring (bicyclic) bond motifs is 1. The molecule has 1 aliphatic heterocycles. The fourth-order valence-corrected chi connectivity index (χ4v) is 3.12. The van der Waals surface area contributed by atoms with Crippen molar-refractivity contribution in [1.82, 2.24) is 25.6 Å². The Morgan fingerprint density at radius 2 is 2.40 bits per heavy atom. The largest absolute Gasteiger partial charge is 0.348 e. The molecule has 7 heteroatoms. The first kappa shape index (κ1) is 13.3. The van der Waals surface area contributed by atoms with Crippen LogP contribution in [0.5, 0.6) is 0 Å². The summed E-state index contributed by atoms with van der Waals surface area (Å²) in [5.74, 6) is 0.0536. The monoisotopic (exact) mass is 291 g/mol. The number of hydrogen-bond donors (Lipinski definition) is 2. The van der Waals surface area contributed by atoms with E-state index in [4.69, 9.17) is 0 Å². The van der Waals surface area contributed by atoms with Crippen LogP contribution in [-0.2, 0) is 17.8 Å². The fraction of sp³-hybridized carbons (Fsp3) is 0.462. The second-order valence-corrected chi connectivity index (χ2v) is 5.96. The predicted octanol–water partition coefficient (Wildman–Crippen LogP) is 1.10. The van der Waals surface area contributed by atoms with Gasteiger partial charge in [0, 0.05) is 24.4 Å². The minimum Gasteiger partial charge on any atom is -0.348 e. The lowest BCUT2D eigenvalue weighted by molar-refractivity contribution is -0.123. The first-order valence-corrected chi connectivity index (χ1v) is 7.54. The Labute approximate surface area is 121 Å². The summed E-state index contributed by atoms with van der Waals surface area (Å²) in [5.41, 5.74) is 1.98. The molecule has 1 aliphatic rings. The number of aromatic amines is 1. The molecule has 0 radical (unpaired) electrons. The van der Waals surface area contributed by atoms with Gasteiger partial charge < -0.3 is 5.32 Å². The van der Waals surface area contributed by atoms with Crippen LogP contribution in [0.15, 0.2) is 17.5 Å². The van der Waals surface area contributed by atoms with Gasteiger partial charge in [-0.25, -0.2) is 0 Å². The van der Waals surface area contributed by atoms with Gasteiger partial charge in [0.25, 0.3) is 0 Å². The zero-order valence-electron chi connectivity index (χ0n) is 11.3. The highest BCUT2D eigenvalue weighted by atomic mass is 32.1. The molecule has 3 heterocycles. The Balaban J connectivity index is 1.52. The molecule has 106 valence electrons. The maximum Gasteiger partial charge on any atom is 0.234 e.